The second-order valence-corrected chi connectivity index (χ2v) is 9.53. The molecule has 0 aliphatic heterocycles. The molecule has 0 saturated carbocycles. The van der Waals surface area contributed by atoms with Gasteiger partial charge in [0.1, 0.15) is 11.6 Å². The Balaban J connectivity index is 1.50. The Kier molecular flexibility index (Phi) is 6.22. The Bertz CT molecular complexity index is 1540. The lowest BCUT2D eigenvalue weighted by Crippen LogP contribution is -2.11. The molecule has 0 unspecified atom stereocenters. The Morgan fingerprint density at radius 1 is 1.00 bits per heavy atom. The minimum absolute atomic E-state index is 0.205. The zero-order chi connectivity index (χ0) is 23.7. The van der Waals surface area contributed by atoms with E-state index in [0.29, 0.717) is 33.9 Å². The van der Waals surface area contributed by atoms with Crippen LogP contribution in [0.3, 0.4) is 0 Å². The molecule has 0 amide bonds. The fourth-order valence-electron chi connectivity index (χ4n) is 3.95. The molecular formula is C26H22ClN5OS. The van der Waals surface area contributed by atoms with Gasteiger partial charge in [0, 0.05) is 11.4 Å². The number of hydrogen-bond donors (Lipinski definition) is 1. The number of fused-ring (bicyclic) bond motifs is 1. The van der Waals surface area contributed by atoms with Crippen LogP contribution in [0.5, 0.6) is 0 Å². The molecule has 3 aromatic carbocycles. The Labute approximate surface area is 206 Å². The van der Waals surface area contributed by atoms with Crippen LogP contribution in [0.25, 0.3) is 16.6 Å². The minimum atomic E-state index is -0.205. The quantitative estimate of drug-likeness (QED) is 0.313. The number of hydrogen-bond acceptors (Lipinski definition) is 5. The number of nitrogens with one attached hydrogen (secondary N) is 1. The van der Waals surface area contributed by atoms with E-state index in [-0.39, 0.29) is 5.56 Å². The summed E-state index contributed by atoms with van der Waals surface area (Å²) < 4.78 is 2.10. The molecule has 0 fully saturated rings. The van der Waals surface area contributed by atoms with E-state index in [1.165, 1.54) is 17.3 Å². The predicted octanol–water partition coefficient (Wildman–Crippen LogP) is 5.66. The van der Waals surface area contributed by atoms with Gasteiger partial charge in [-0.1, -0.05) is 71.4 Å². The van der Waals surface area contributed by atoms with E-state index in [0.717, 1.165) is 27.8 Å². The van der Waals surface area contributed by atoms with Gasteiger partial charge in [-0.15, -0.1) is 10.2 Å². The van der Waals surface area contributed by atoms with Crippen molar-refractivity contribution in [3.05, 3.63) is 110 Å². The minimum Gasteiger partial charge on any atom is -0.309 e. The van der Waals surface area contributed by atoms with Crippen molar-refractivity contribution in [2.45, 2.75) is 31.2 Å². The van der Waals surface area contributed by atoms with Gasteiger partial charge >= 0.3 is 0 Å². The molecule has 0 atom stereocenters. The van der Waals surface area contributed by atoms with E-state index < -0.39 is 0 Å². The maximum atomic E-state index is 12.5. The third-order valence-electron chi connectivity index (χ3n) is 5.55. The van der Waals surface area contributed by atoms with Crippen molar-refractivity contribution in [3.8, 4) is 5.69 Å². The van der Waals surface area contributed by atoms with Crippen LogP contribution >= 0.6 is 23.4 Å². The monoisotopic (exact) mass is 487 g/mol. The highest BCUT2D eigenvalue weighted by atomic mass is 35.5. The van der Waals surface area contributed by atoms with E-state index >= 15 is 0 Å². The largest absolute Gasteiger partial charge is 0.309 e. The first kappa shape index (κ1) is 22.4. The van der Waals surface area contributed by atoms with Crippen LogP contribution in [0, 0.1) is 13.8 Å². The SMILES string of the molecule is Cc1ccc(-n2c(Cc3ccccc3)nnc2SCc2nc3ccc(Cl)cc3c(=O)[nH]2)c(C)c1. The lowest BCUT2D eigenvalue weighted by atomic mass is 10.1. The van der Waals surface area contributed by atoms with Crippen molar-refractivity contribution in [2.24, 2.45) is 0 Å². The topological polar surface area (TPSA) is 76.5 Å². The molecule has 2 aromatic heterocycles. The summed E-state index contributed by atoms with van der Waals surface area (Å²) >= 11 is 7.52. The molecule has 6 nitrogen and oxygen atoms in total. The number of thioether (sulfide) groups is 1. The number of rotatable bonds is 6. The smallest absolute Gasteiger partial charge is 0.258 e. The van der Waals surface area contributed by atoms with Gasteiger partial charge in [-0.25, -0.2) is 4.98 Å². The molecule has 0 saturated heterocycles. The zero-order valence-corrected chi connectivity index (χ0v) is 20.3. The summed E-state index contributed by atoms with van der Waals surface area (Å²) in [7, 11) is 0. The number of H-pyrrole nitrogens is 1. The van der Waals surface area contributed by atoms with Gasteiger partial charge in [-0.3, -0.25) is 9.36 Å². The summed E-state index contributed by atoms with van der Waals surface area (Å²) in [4.78, 5) is 20.0. The lowest BCUT2D eigenvalue weighted by molar-refractivity contribution is 0.840. The Morgan fingerprint density at radius 2 is 1.82 bits per heavy atom. The van der Waals surface area contributed by atoms with Crippen molar-refractivity contribution in [2.75, 3.05) is 0 Å². The first-order chi connectivity index (χ1) is 16.5. The van der Waals surface area contributed by atoms with Gasteiger partial charge in [0.2, 0.25) is 0 Å². The number of aryl methyl sites for hydroxylation is 2. The fraction of sp³-hybridized carbons (Fsp3) is 0.154. The van der Waals surface area contributed by atoms with Gasteiger partial charge in [0.05, 0.1) is 22.3 Å². The van der Waals surface area contributed by atoms with Gasteiger partial charge in [-0.2, -0.15) is 0 Å². The number of nitrogens with zero attached hydrogens (tertiary/aromatic N) is 4. The molecule has 0 aliphatic carbocycles. The van der Waals surface area contributed by atoms with Crippen LogP contribution in [-0.4, -0.2) is 24.7 Å². The van der Waals surface area contributed by atoms with Crippen molar-refractivity contribution in [1.82, 2.24) is 24.7 Å². The number of benzene rings is 3. The van der Waals surface area contributed by atoms with Gasteiger partial charge < -0.3 is 4.98 Å². The third-order valence-corrected chi connectivity index (χ3v) is 6.73. The van der Waals surface area contributed by atoms with E-state index in [1.54, 1.807) is 18.2 Å². The first-order valence-corrected chi connectivity index (χ1v) is 12.2. The Hall–Kier alpha value is -3.42. The highest BCUT2D eigenvalue weighted by molar-refractivity contribution is 7.98. The summed E-state index contributed by atoms with van der Waals surface area (Å²) in [6, 6.07) is 21.7. The molecule has 1 N–H and O–H groups in total. The molecular weight excluding hydrogens is 466 g/mol. The van der Waals surface area contributed by atoms with Crippen molar-refractivity contribution in [1.29, 1.82) is 0 Å². The second kappa shape index (κ2) is 9.44. The van der Waals surface area contributed by atoms with Crippen LogP contribution in [0.2, 0.25) is 5.02 Å². The zero-order valence-electron chi connectivity index (χ0n) is 18.7. The highest BCUT2D eigenvalue weighted by Gasteiger charge is 2.17. The molecule has 8 heteroatoms. The number of aromatic nitrogens is 5. The Morgan fingerprint density at radius 3 is 2.62 bits per heavy atom. The molecule has 2 heterocycles. The highest BCUT2D eigenvalue weighted by Crippen LogP contribution is 2.28. The van der Waals surface area contributed by atoms with Crippen LogP contribution < -0.4 is 5.56 Å². The maximum Gasteiger partial charge on any atom is 0.258 e. The van der Waals surface area contributed by atoms with Gasteiger partial charge in [0.15, 0.2) is 5.16 Å². The molecule has 34 heavy (non-hydrogen) atoms. The average molecular weight is 488 g/mol. The van der Waals surface area contributed by atoms with Crippen LogP contribution in [0.15, 0.2) is 76.7 Å². The van der Waals surface area contributed by atoms with Crippen molar-refractivity contribution >= 4 is 34.3 Å². The second-order valence-electron chi connectivity index (χ2n) is 8.15. The molecule has 170 valence electrons. The van der Waals surface area contributed by atoms with Gasteiger partial charge in [0.25, 0.3) is 5.56 Å². The summed E-state index contributed by atoms with van der Waals surface area (Å²) in [5.41, 5.74) is 4.96. The van der Waals surface area contributed by atoms with Crippen molar-refractivity contribution in [3.63, 3.8) is 0 Å². The lowest BCUT2D eigenvalue weighted by Gasteiger charge is -2.13. The fourth-order valence-corrected chi connectivity index (χ4v) is 4.95. The van der Waals surface area contributed by atoms with Gasteiger partial charge in [-0.05, 0) is 49.2 Å². The standard InChI is InChI=1S/C26H22ClN5OS/c1-16-8-11-22(17(2)12-16)32-24(13-18-6-4-3-5-7-18)30-31-26(32)34-15-23-28-21-10-9-19(27)14-20(21)25(33)29-23/h3-12,14H,13,15H2,1-2H3,(H,28,29,33). The van der Waals surface area contributed by atoms with Crippen LogP contribution in [-0.2, 0) is 12.2 Å². The molecule has 5 aromatic rings. The maximum absolute atomic E-state index is 12.5. The van der Waals surface area contributed by atoms with E-state index in [9.17, 15) is 4.79 Å². The van der Waals surface area contributed by atoms with Crippen LogP contribution in [0.4, 0.5) is 0 Å². The molecule has 0 radical (unpaired) electrons. The van der Waals surface area contributed by atoms with E-state index in [2.05, 4.69) is 68.9 Å². The van der Waals surface area contributed by atoms with Crippen LogP contribution in [0.1, 0.15) is 28.3 Å². The normalized spacial score (nSPS) is 11.3. The summed E-state index contributed by atoms with van der Waals surface area (Å²) in [5.74, 6) is 1.88. The average Bonchev–Trinajstić information content (AvgIpc) is 3.21. The molecule has 0 aliphatic rings. The summed E-state index contributed by atoms with van der Waals surface area (Å²) in [5, 5.41) is 10.8. The summed E-state index contributed by atoms with van der Waals surface area (Å²) in [6.07, 6.45) is 0.660. The molecule has 0 spiro atoms. The molecule has 0 bridgehead atoms. The predicted molar refractivity (Wildman–Crippen MR) is 137 cm³/mol. The number of aromatic amines is 1. The van der Waals surface area contributed by atoms with Crippen molar-refractivity contribution < 1.29 is 0 Å². The first-order valence-electron chi connectivity index (χ1n) is 10.8. The number of halogens is 1. The third kappa shape index (κ3) is 4.62. The molecule has 5 rings (SSSR count). The summed E-state index contributed by atoms with van der Waals surface area (Å²) in [6.45, 7) is 4.18. The van der Waals surface area contributed by atoms with E-state index in [4.69, 9.17) is 11.6 Å². The van der Waals surface area contributed by atoms with E-state index in [1.807, 2.05) is 18.2 Å².